The maximum absolute atomic E-state index is 13.2. The zero-order valence-electron chi connectivity index (χ0n) is 9.03. The van der Waals surface area contributed by atoms with Crippen molar-refractivity contribution in [3.8, 4) is 0 Å². The summed E-state index contributed by atoms with van der Waals surface area (Å²) in [6, 6.07) is 4.05. The Balaban J connectivity index is 2.36. The van der Waals surface area contributed by atoms with Crippen LogP contribution in [0.3, 0.4) is 0 Å². The van der Waals surface area contributed by atoms with E-state index in [0.717, 1.165) is 5.56 Å². The van der Waals surface area contributed by atoms with E-state index in [4.69, 9.17) is 10.8 Å². The van der Waals surface area contributed by atoms with Gasteiger partial charge in [-0.3, -0.25) is 4.79 Å². The van der Waals surface area contributed by atoms with Gasteiger partial charge in [0.1, 0.15) is 11.9 Å². The van der Waals surface area contributed by atoms with Gasteiger partial charge in [-0.05, 0) is 39.7 Å². The van der Waals surface area contributed by atoms with Crippen LogP contribution in [0.5, 0.6) is 0 Å². The molecule has 0 heterocycles. The van der Waals surface area contributed by atoms with Crippen LogP contribution >= 0.6 is 27.7 Å². The zero-order chi connectivity index (χ0) is 12.8. The summed E-state index contributed by atoms with van der Waals surface area (Å²) in [4.78, 5) is 10.5. The first kappa shape index (κ1) is 14.5. The molecule has 17 heavy (non-hydrogen) atoms. The van der Waals surface area contributed by atoms with Crippen LogP contribution in [0.15, 0.2) is 22.7 Å². The van der Waals surface area contributed by atoms with Gasteiger partial charge in [0.2, 0.25) is 0 Å². The molecule has 1 aromatic rings. The topological polar surface area (TPSA) is 63.3 Å². The number of carbonyl (C=O) groups is 1. The number of aliphatic carboxylic acids is 1. The van der Waals surface area contributed by atoms with Crippen molar-refractivity contribution in [1.29, 1.82) is 0 Å². The maximum atomic E-state index is 13.2. The van der Waals surface area contributed by atoms with Gasteiger partial charge in [0, 0.05) is 5.75 Å². The average molecular weight is 322 g/mol. The molecule has 1 rings (SSSR count). The standard InChI is InChI=1S/C11H13BrFNO2S/c12-10-7(2-1-3-8(10)13)6-17-5-4-9(14)11(15)16/h1-3,9H,4-6,14H2,(H,15,16). The van der Waals surface area contributed by atoms with Gasteiger partial charge in [0.25, 0.3) is 0 Å². The highest BCUT2D eigenvalue weighted by Gasteiger charge is 2.11. The molecule has 1 aromatic carbocycles. The zero-order valence-corrected chi connectivity index (χ0v) is 11.4. The van der Waals surface area contributed by atoms with Crippen LogP contribution in [0.25, 0.3) is 0 Å². The first-order valence-corrected chi connectivity index (χ1v) is 6.96. The Kier molecular flexibility index (Phi) is 5.94. The molecular weight excluding hydrogens is 309 g/mol. The number of halogens is 2. The summed E-state index contributed by atoms with van der Waals surface area (Å²) in [5.74, 6) is -0.0101. The first-order valence-electron chi connectivity index (χ1n) is 5.01. The number of carboxylic acid groups (broad SMARTS) is 1. The largest absolute Gasteiger partial charge is 0.480 e. The molecule has 0 aliphatic carbocycles. The fourth-order valence-electron chi connectivity index (χ4n) is 1.18. The van der Waals surface area contributed by atoms with E-state index >= 15 is 0 Å². The van der Waals surface area contributed by atoms with Gasteiger partial charge in [-0.2, -0.15) is 11.8 Å². The van der Waals surface area contributed by atoms with Crippen molar-refractivity contribution in [2.45, 2.75) is 18.2 Å². The molecule has 3 nitrogen and oxygen atoms in total. The number of nitrogens with two attached hydrogens (primary N) is 1. The summed E-state index contributed by atoms with van der Waals surface area (Å²) >= 11 is 4.71. The molecule has 3 N–H and O–H groups in total. The van der Waals surface area contributed by atoms with E-state index in [1.165, 1.54) is 17.8 Å². The Morgan fingerprint density at radius 1 is 1.59 bits per heavy atom. The van der Waals surface area contributed by atoms with Crippen LogP contribution in [0, 0.1) is 5.82 Å². The molecule has 0 radical (unpaired) electrons. The second-order valence-corrected chi connectivity index (χ2v) is 5.40. The van der Waals surface area contributed by atoms with E-state index in [9.17, 15) is 9.18 Å². The fraction of sp³-hybridized carbons (Fsp3) is 0.364. The van der Waals surface area contributed by atoms with Crippen LogP contribution in [0.2, 0.25) is 0 Å². The summed E-state index contributed by atoms with van der Waals surface area (Å²) in [6.45, 7) is 0. The summed E-state index contributed by atoms with van der Waals surface area (Å²) in [5, 5.41) is 8.59. The monoisotopic (exact) mass is 321 g/mol. The summed E-state index contributed by atoms with van der Waals surface area (Å²) in [5.41, 5.74) is 6.23. The summed E-state index contributed by atoms with van der Waals surface area (Å²) in [6.07, 6.45) is 0.410. The van der Waals surface area contributed by atoms with Crippen molar-refractivity contribution < 1.29 is 14.3 Å². The normalized spacial score (nSPS) is 12.4. The molecule has 0 amide bonds. The molecule has 0 bridgehead atoms. The van der Waals surface area contributed by atoms with Gasteiger partial charge in [-0.15, -0.1) is 0 Å². The third kappa shape index (κ3) is 4.65. The average Bonchev–Trinajstić information content (AvgIpc) is 2.29. The van der Waals surface area contributed by atoms with Crippen LogP contribution < -0.4 is 5.73 Å². The molecule has 1 unspecified atom stereocenters. The SMILES string of the molecule is NC(CCSCc1cccc(F)c1Br)C(=O)O. The Morgan fingerprint density at radius 3 is 2.94 bits per heavy atom. The Bertz CT molecular complexity index is 403. The number of rotatable bonds is 6. The third-order valence-electron chi connectivity index (χ3n) is 2.18. The van der Waals surface area contributed by atoms with E-state index in [0.29, 0.717) is 22.4 Å². The van der Waals surface area contributed by atoms with Gasteiger partial charge < -0.3 is 10.8 Å². The lowest BCUT2D eigenvalue weighted by Gasteiger charge is -2.07. The van der Waals surface area contributed by atoms with E-state index in [2.05, 4.69) is 15.9 Å². The lowest BCUT2D eigenvalue weighted by molar-refractivity contribution is -0.138. The number of hydrogen-bond acceptors (Lipinski definition) is 3. The van der Waals surface area contributed by atoms with Crippen molar-refractivity contribution in [2.24, 2.45) is 5.73 Å². The molecule has 0 aromatic heterocycles. The number of thioether (sulfide) groups is 1. The minimum Gasteiger partial charge on any atom is -0.480 e. The molecule has 6 heteroatoms. The van der Waals surface area contributed by atoms with Gasteiger partial charge in [0.05, 0.1) is 4.47 Å². The lowest BCUT2D eigenvalue weighted by Crippen LogP contribution is -2.30. The third-order valence-corrected chi connectivity index (χ3v) is 4.11. The number of benzene rings is 1. The Hall–Kier alpha value is -0.590. The molecule has 0 aliphatic rings. The van der Waals surface area contributed by atoms with E-state index in [-0.39, 0.29) is 5.82 Å². The molecule has 0 fully saturated rings. The number of carboxylic acids is 1. The highest BCUT2D eigenvalue weighted by molar-refractivity contribution is 9.10. The van der Waals surface area contributed by atoms with Gasteiger partial charge in [0.15, 0.2) is 0 Å². The highest BCUT2D eigenvalue weighted by Crippen LogP contribution is 2.24. The van der Waals surface area contributed by atoms with Crippen molar-refractivity contribution in [2.75, 3.05) is 5.75 Å². The van der Waals surface area contributed by atoms with Gasteiger partial charge in [-0.1, -0.05) is 12.1 Å². The summed E-state index contributed by atoms with van der Waals surface area (Å²) in [7, 11) is 0. The first-order chi connectivity index (χ1) is 8.02. The van der Waals surface area contributed by atoms with Crippen LogP contribution in [0.1, 0.15) is 12.0 Å². The smallest absolute Gasteiger partial charge is 0.320 e. The quantitative estimate of drug-likeness (QED) is 0.790. The van der Waals surface area contributed by atoms with E-state index in [1.54, 1.807) is 6.07 Å². The molecule has 94 valence electrons. The van der Waals surface area contributed by atoms with Crippen LogP contribution in [0.4, 0.5) is 4.39 Å². The van der Waals surface area contributed by atoms with Gasteiger partial charge >= 0.3 is 5.97 Å². The van der Waals surface area contributed by atoms with Crippen LogP contribution in [-0.4, -0.2) is 22.9 Å². The lowest BCUT2D eigenvalue weighted by atomic mass is 10.2. The van der Waals surface area contributed by atoms with Crippen LogP contribution in [-0.2, 0) is 10.5 Å². The fourth-order valence-corrected chi connectivity index (χ4v) is 2.79. The Morgan fingerprint density at radius 2 is 2.29 bits per heavy atom. The molecule has 1 atom stereocenters. The predicted octanol–water partition coefficient (Wildman–Crippen LogP) is 2.62. The van der Waals surface area contributed by atoms with Crippen molar-refractivity contribution in [1.82, 2.24) is 0 Å². The minimum absolute atomic E-state index is 0.287. The molecule has 0 spiro atoms. The molecule has 0 saturated carbocycles. The summed E-state index contributed by atoms with van der Waals surface area (Å²) < 4.78 is 13.6. The molecule has 0 aliphatic heterocycles. The van der Waals surface area contributed by atoms with Crippen molar-refractivity contribution >= 4 is 33.7 Å². The second-order valence-electron chi connectivity index (χ2n) is 3.50. The predicted molar refractivity (Wildman–Crippen MR) is 70.5 cm³/mol. The molecule has 0 saturated heterocycles. The highest BCUT2D eigenvalue weighted by atomic mass is 79.9. The maximum Gasteiger partial charge on any atom is 0.320 e. The Labute approximate surface area is 112 Å². The molecular formula is C11H13BrFNO2S. The van der Waals surface area contributed by atoms with Crippen molar-refractivity contribution in [3.63, 3.8) is 0 Å². The van der Waals surface area contributed by atoms with E-state index in [1.807, 2.05) is 6.07 Å². The number of hydrogen-bond donors (Lipinski definition) is 2. The van der Waals surface area contributed by atoms with E-state index < -0.39 is 12.0 Å². The van der Waals surface area contributed by atoms with Gasteiger partial charge in [-0.25, -0.2) is 4.39 Å². The van der Waals surface area contributed by atoms with Crippen molar-refractivity contribution in [3.05, 3.63) is 34.1 Å². The second kappa shape index (κ2) is 6.98. The minimum atomic E-state index is -0.988.